The lowest BCUT2D eigenvalue weighted by Gasteiger charge is -2.18. The van der Waals surface area contributed by atoms with Gasteiger partial charge in [0, 0.05) is 19.3 Å². The van der Waals surface area contributed by atoms with Crippen molar-refractivity contribution in [3.05, 3.63) is 122 Å². The van der Waals surface area contributed by atoms with Crippen molar-refractivity contribution < 1.29 is 28.6 Å². The van der Waals surface area contributed by atoms with Crippen LogP contribution in [0.2, 0.25) is 0 Å². The van der Waals surface area contributed by atoms with Crippen LogP contribution in [0.4, 0.5) is 0 Å². The molecule has 0 aromatic heterocycles. The Morgan fingerprint density at radius 3 is 1.00 bits per heavy atom. The Balaban J connectivity index is 4.56. The lowest BCUT2D eigenvalue weighted by molar-refractivity contribution is -0.167. The van der Waals surface area contributed by atoms with E-state index in [-0.39, 0.29) is 44.0 Å². The van der Waals surface area contributed by atoms with Crippen molar-refractivity contribution in [1.29, 1.82) is 0 Å². The Kier molecular flexibility index (Phi) is 40.3. The van der Waals surface area contributed by atoms with Crippen LogP contribution in [0.3, 0.4) is 0 Å². The van der Waals surface area contributed by atoms with Crippen molar-refractivity contribution in [2.45, 2.75) is 162 Å². The summed E-state index contributed by atoms with van der Waals surface area (Å²) in [6.45, 7) is 6.12. The van der Waals surface area contributed by atoms with Crippen molar-refractivity contribution in [3.8, 4) is 0 Å². The molecule has 0 bridgehead atoms. The van der Waals surface area contributed by atoms with E-state index in [1.165, 1.54) is 0 Å². The van der Waals surface area contributed by atoms with Gasteiger partial charge in [-0.1, -0.05) is 142 Å². The summed E-state index contributed by atoms with van der Waals surface area (Å²) in [6.07, 6.45) is 59.2. The summed E-state index contributed by atoms with van der Waals surface area (Å²) in [5.41, 5.74) is 0. The van der Waals surface area contributed by atoms with E-state index in [1.807, 2.05) is 0 Å². The fourth-order valence-corrected chi connectivity index (χ4v) is 5.06. The van der Waals surface area contributed by atoms with Gasteiger partial charge in [0.15, 0.2) is 6.10 Å². The van der Waals surface area contributed by atoms with E-state index in [0.29, 0.717) is 25.7 Å². The lowest BCUT2D eigenvalue weighted by Crippen LogP contribution is -2.30. The van der Waals surface area contributed by atoms with E-state index < -0.39 is 6.10 Å². The topological polar surface area (TPSA) is 78.9 Å². The van der Waals surface area contributed by atoms with E-state index in [9.17, 15) is 14.4 Å². The lowest BCUT2D eigenvalue weighted by atomic mass is 10.2. The zero-order chi connectivity index (χ0) is 40.8. The normalized spacial score (nSPS) is 13.3. The third-order valence-corrected chi connectivity index (χ3v) is 8.19. The van der Waals surface area contributed by atoms with Gasteiger partial charge in [-0.3, -0.25) is 14.4 Å². The van der Waals surface area contributed by atoms with E-state index in [1.54, 1.807) is 0 Å². The molecule has 6 nitrogen and oxygen atoms in total. The third-order valence-electron chi connectivity index (χ3n) is 8.19. The molecule has 0 aromatic carbocycles. The number of hydrogen-bond acceptors (Lipinski definition) is 6. The molecule has 0 aliphatic rings. The molecule has 6 heteroatoms. The number of carbonyl (C=O) groups is 3. The van der Waals surface area contributed by atoms with Gasteiger partial charge >= 0.3 is 17.9 Å². The molecule has 56 heavy (non-hydrogen) atoms. The second-order valence-corrected chi connectivity index (χ2v) is 13.5. The summed E-state index contributed by atoms with van der Waals surface area (Å²) < 4.78 is 16.5. The number of esters is 3. The maximum absolute atomic E-state index is 12.7. The molecular weight excluding hydrogens is 697 g/mol. The largest absolute Gasteiger partial charge is 0.462 e. The van der Waals surface area contributed by atoms with E-state index in [2.05, 4.69) is 142 Å². The molecule has 1 unspecified atom stereocenters. The minimum Gasteiger partial charge on any atom is -0.462 e. The zero-order valence-corrected chi connectivity index (χ0v) is 35.3. The zero-order valence-electron chi connectivity index (χ0n) is 35.3. The summed E-state index contributed by atoms with van der Waals surface area (Å²) in [5, 5.41) is 0. The highest BCUT2D eigenvalue weighted by Crippen LogP contribution is 2.09. The van der Waals surface area contributed by atoms with E-state index in [0.717, 1.165) is 96.3 Å². The summed E-state index contributed by atoms with van der Waals surface area (Å²) in [7, 11) is 0. The highest BCUT2D eigenvalue weighted by atomic mass is 16.6. The number of rotatable bonds is 36. The van der Waals surface area contributed by atoms with Gasteiger partial charge < -0.3 is 14.2 Å². The van der Waals surface area contributed by atoms with E-state index in [4.69, 9.17) is 14.2 Å². The van der Waals surface area contributed by atoms with Gasteiger partial charge in [-0.05, 0) is 116 Å². The Bertz CT molecular complexity index is 1260. The van der Waals surface area contributed by atoms with Crippen molar-refractivity contribution in [3.63, 3.8) is 0 Å². The van der Waals surface area contributed by atoms with Crippen LogP contribution in [-0.4, -0.2) is 37.2 Å². The average molecular weight is 773 g/mol. The number of unbranched alkanes of at least 4 members (excludes halogenated alkanes) is 5. The second-order valence-electron chi connectivity index (χ2n) is 13.5. The molecule has 0 spiro atoms. The van der Waals surface area contributed by atoms with Gasteiger partial charge in [-0.15, -0.1) is 0 Å². The maximum atomic E-state index is 12.7. The smallest absolute Gasteiger partial charge is 0.306 e. The van der Waals surface area contributed by atoms with E-state index >= 15 is 0 Å². The molecule has 312 valence electrons. The van der Waals surface area contributed by atoms with Crippen LogP contribution in [-0.2, 0) is 28.6 Å². The molecule has 0 saturated heterocycles. The minimum atomic E-state index is -0.834. The van der Waals surface area contributed by atoms with Crippen LogP contribution in [0.15, 0.2) is 122 Å². The monoisotopic (exact) mass is 773 g/mol. The molecule has 0 fully saturated rings. The Morgan fingerprint density at radius 1 is 0.357 bits per heavy atom. The number of carbonyl (C=O) groups excluding carboxylic acids is 3. The molecule has 0 amide bonds. The van der Waals surface area contributed by atoms with Crippen molar-refractivity contribution in [2.24, 2.45) is 0 Å². The summed E-state index contributed by atoms with van der Waals surface area (Å²) in [6, 6.07) is 0. The first kappa shape index (κ1) is 51.8. The molecule has 0 aliphatic carbocycles. The van der Waals surface area contributed by atoms with Gasteiger partial charge in [0.1, 0.15) is 13.2 Å². The Morgan fingerprint density at radius 2 is 0.643 bits per heavy atom. The summed E-state index contributed by atoms with van der Waals surface area (Å²) in [4.78, 5) is 37.6. The average Bonchev–Trinajstić information content (AvgIpc) is 3.19. The van der Waals surface area contributed by atoms with Crippen LogP contribution in [0.5, 0.6) is 0 Å². The molecule has 0 saturated carbocycles. The quantitative estimate of drug-likeness (QED) is 0.0273. The maximum Gasteiger partial charge on any atom is 0.306 e. The molecule has 0 aromatic rings. The van der Waals surface area contributed by atoms with Gasteiger partial charge in [0.05, 0.1) is 0 Å². The van der Waals surface area contributed by atoms with Gasteiger partial charge in [-0.2, -0.15) is 0 Å². The van der Waals surface area contributed by atoms with Crippen LogP contribution in [0.25, 0.3) is 0 Å². The minimum absolute atomic E-state index is 0.133. The summed E-state index contributed by atoms with van der Waals surface area (Å²) in [5.74, 6) is -1.08. The molecular formula is C50H76O6. The summed E-state index contributed by atoms with van der Waals surface area (Å²) >= 11 is 0. The molecule has 0 N–H and O–H groups in total. The van der Waals surface area contributed by atoms with Gasteiger partial charge in [-0.25, -0.2) is 0 Å². The SMILES string of the molecule is CC/C=C\C/C=C\C/C=C\C/C=C\C/C=C\CCCC(=O)OCC(COC(=O)CCCC/C=C\C/C=C\CC)OC(=O)CCCC/C=C\C/C=C\C/C=C\CC. The Labute approximate surface area is 342 Å². The highest BCUT2D eigenvalue weighted by Gasteiger charge is 2.19. The highest BCUT2D eigenvalue weighted by molar-refractivity contribution is 5.71. The van der Waals surface area contributed by atoms with Crippen molar-refractivity contribution >= 4 is 17.9 Å². The van der Waals surface area contributed by atoms with Crippen molar-refractivity contribution in [1.82, 2.24) is 0 Å². The van der Waals surface area contributed by atoms with Crippen LogP contribution >= 0.6 is 0 Å². The first-order valence-electron chi connectivity index (χ1n) is 21.5. The molecule has 0 radical (unpaired) electrons. The third kappa shape index (κ3) is 41.0. The first-order chi connectivity index (χ1) is 27.5. The van der Waals surface area contributed by atoms with Crippen LogP contribution < -0.4 is 0 Å². The number of allylic oxidation sites excluding steroid dienone is 20. The molecule has 1 atom stereocenters. The second kappa shape index (κ2) is 43.5. The molecule has 0 rings (SSSR count). The standard InChI is InChI=1S/C50H76O6/c1-4-7-10-13-16-19-21-23-24-25-26-27-29-31-34-37-40-43-49(52)55-46-47(45-54-48(51)42-39-36-33-30-18-15-12-9-6-3)56-50(53)44-41-38-35-32-28-22-20-17-14-11-8-5-2/h7-12,16-20,23-24,26-28,30-32,34,47H,4-6,13-15,21-22,25,29,33,35-46H2,1-3H3/b10-7-,11-8-,12-9-,19-16-,20-17-,24-23-,27-26-,30-18-,32-28-,34-31-. The Hall–Kier alpha value is -4.19. The van der Waals surface area contributed by atoms with Gasteiger partial charge in [0.25, 0.3) is 0 Å². The van der Waals surface area contributed by atoms with Crippen molar-refractivity contribution in [2.75, 3.05) is 13.2 Å². The molecule has 0 aliphatic heterocycles. The predicted molar refractivity (Wildman–Crippen MR) is 237 cm³/mol. The first-order valence-corrected chi connectivity index (χ1v) is 21.5. The number of hydrogen-bond donors (Lipinski definition) is 0. The number of ether oxygens (including phenoxy) is 3. The van der Waals surface area contributed by atoms with Gasteiger partial charge in [0.2, 0.25) is 0 Å². The van der Waals surface area contributed by atoms with Crippen LogP contribution in [0, 0.1) is 0 Å². The fourth-order valence-electron chi connectivity index (χ4n) is 5.06. The van der Waals surface area contributed by atoms with Crippen LogP contribution in [0.1, 0.15) is 156 Å². The fraction of sp³-hybridized carbons (Fsp3) is 0.540. The molecule has 0 heterocycles. The predicted octanol–water partition coefficient (Wildman–Crippen LogP) is 13.8.